The van der Waals surface area contributed by atoms with Gasteiger partial charge in [0.05, 0.1) is 6.04 Å². The number of likely N-dealkylation sites (N-methyl/N-ethyl adjacent to an activating group) is 1. The van der Waals surface area contributed by atoms with Gasteiger partial charge in [0.15, 0.2) is 0 Å². The number of carbonyl (C=O) groups is 2. The van der Waals surface area contributed by atoms with Gasteiger partial charge in [-0.05, 0) is 13.3 Å². The van der Waals surface area contributed by atoms with E-state index < -0.39 is 16.7 Å². The van der Waals surface area contributed by atoms with E-state index in [4.69, 9.17) is 0 Å². The molecule has 0 radical (unpaired) electrons. The third-order valence-corrected chi connectivity index (χ3v) is 3.16. The number of rotatable bonds is 1. The van der Waals surface area contributed by atoms with Gasteiger partial charge in [-0.2, -0.15) is 0 Å². The Morgan fingerprint density at radius 2 is 2.15 bits per heavy atom. The summed E-state index contributed by atoms with van der Waals surface area (Å²) < 4.78 is 0. The molecule has 1 fully saturated rings. The van der Waals surface area contributed by atoms with Gasteiger partial charge in [0.2, 0.25) is 0 Å². The zero-order valence-electron chi connectivity index (χ0n) is 8.00. The molecule has 74 valence electrons. The molecule has 0 aromatic heterocycles. The Bertz CT molecular complexity index is 253. The van der Waals surface area contributed by atoms with Crippen LogP contribution in [-0.2, 0) is 9.59 Å². The van der Waals surface area contributed by atoms with Crippen LogP contribution in [0, 0.1) is 0 Å². The molecular weight excluding hydrogens is 188 g/mol. The molecule has 1 saturated heterocycles. The van der Waals surface area contributed by atoms with Gasteiger partial charge in [-0.25, -0.2) is 0 Å². The highest BCUT2D eigenvalue weighted by atomic mass is 32.1. The average molecular weight is 202 g/mol. The van der Waals surface area contributed by atoms with E-state index >= 15 is 0 Å². The van der Waals surface area contributed by atoms with E-state index in [-0.39, 0.29) is 6.04 Å². The maximum atomic E-state index is 11.3. The molecular formula is C8H14N2O2S. The summed E-state index contributed by atoms with van der Waals surface area (Å²) in [6, 6.07) is -0.0916. The van der Waals surface area contributed by atoms with E-state index in [9.17, 15) is 9.59 Å². The number of nitrogens with zero attached hydrogens (tertiary/aromatic N) is 1. The van der Waals surface area contributed by atoms with Crippen molar-refractivity contribution < 1.29 is 9.59 Å². The maximum absolute atomic E-state index is 11.3. The lowest BCUT2D eigenvalue weighted by atomic mass is 10.0. The lowest BCUT2D eigenvalue weighted by Gasteiger charge is -2.44. The minimum atomic E-state index is -0.597. The summed E-state index contributed by atoms with van der Waals surface area (Å²) in [5.74, 6) is -1.07. The first-order valence-corrected chi connectivity index (χ1v) is 4.67. The molecule has 2 amide bonds. The number of piperazine rings is 1. The van der Waals surface area contributed by atoms with Crippen LogP contribution in [0.1, 0.15) is 20.3 Å². The molecule has 0 saturated carbocycles. The van der Waals surface area contributed by atoms with Gasteiger partial charge in [0.1, 0.15) is 4.87 Å². The molecule has 0 aromatic carbocycles. The molecule has 2 unspecified atom stereocenters. The molecule has 1 aliphatic heterocycles. The molecule has 4 nitrogen and oxygen atoms in total. The van der Waals surface area contributed by atoms with Gasteiger partial charge in [0, 0.05) is 7.05 Å². The number of hydrogen-bond acceptors (Lipinski definition) is 3. The predicted octanol–water partition coefficient (Wildman–Crippen LogP) is -0.000800. The van der Waals surface area contributed by atoms with E-state index in [1.54, 1.807) is 7.05 Å². The summed E-state index contributed by atoms with van der Waals surface area (Å²) in [7, 11) is 1.59. The van der Waals surface area contributed by atoms with Gasteiger partial charge in [0.25, 0.3) is 0 Å². The maximum Gasteiger partial charge on any atom is 0.312 e. The van der Waals surface area contributed by atoms with Crippen LogP contribution in [0.2, 0.25) is 0 Å². The van der Waals surface area contributed by atoms with Gasteiger partial charge in [-0.3, -0.25) is 9.59 Å². The van der Waals surface area contributed by atoms with Crippen molar-refractivity contribution in [3.63, 3.8) is 0 Å². The molecule has 5 heteroatoms. The van der Waals surface area contributed by atoms with Crippen molar-refractivity contribution in [2.75, 3.05) is 7.05 Å². The van der Waals surface area contributed by atoms with Gasteiger partial charge >= 0.3 is 11.8 Å². The minimum Gasteiger partial charge on any atom is -0.342 e. The first kappa shape index (κ1) is 10.4. The second kappa shape index (κ2) is 3.21. The summed E-state index contributed by atoms with van der Waals surface area (Å²) in [6.07, 6.45) is 0.753. The van der Waals surface area contributed by atoms with Crippen LogP contribution in [-0.4, -0.2) is 34.7 Å². The van der Waals surface area contributed by atoms with Crippen LogP contribution in [0.25, 0.3) is 0 Å². The van der Waals surface area contributed by atoms with E-state index in [1.165, 1.54) is 4.90 Å². The first-order chi connectivity index (χ1) is 5.91. The minimum absolute atomic E-state index is 0.0916. The fourth-order valence-electron chi connectivity index (χ4n) is 1.44. The Balaban J connectivity index is 2.95. The first-order valence-electron chi connectivity index (χ1n) is 4.22. The summed E-state index contributed by atoms with van der Waals surface area (Å²) in [4.78, 5) is 23.2. The van der Waals surface area contributed by atoms with Crippen molar-refractivity contribution >= 4 is 24.4 Å². The molecule has 0 aliphatic carbocycles. The third-order valence-electron chi connectivity index (χ3n) is 2.55. The van der Waals surface area contributed by atoms with Crippen LogP contribution in [0.15, 0.2) is 0 Å². The van der Waals surface area contributed by atoms with Crippen molar-refractivity contribution in [1.29, 1.82) is 0 Å². The Kier molecular flexibility index (Phi) is 2.56. The average Bonchev–Trinajstić information content (AvgIpc) is 2.08. The molecule has 1 N–H and O–H groups in total. The number of thiol groups is 1. The second-order valence-corrected chi connectivity index (χ2v) is 4.30. The molecule has 0 spiro atoms. The van der Waals surface area contributed by atoms with E-state index in [1.807, 2.05) is 13.8 Å². The van der Waals surface area contributed by atoms with Crippen molar-refractivity contribution in [3.05, 3.63) is 0 Å². The third kappa shape index (κ3) is 1.52. The second-order valence-electron chi connectivity index (χ2n) is 3.39. The largest absolute Gasteiger partial charge is 0.342 e. The van der Waals surface area contributed by atoms with Crippen molar-refractivity contribution in [1.82, 2.24) is 10.2 Å². The Labute approximate surface area is 83.1 Å². The molecule has 0 aromatic rings. The summed E-state index contributed by atoms with van der Waals surface area (Å²) in [5, 5.41) is 2.63. The van der Waals surface area contributed by atoms with Crippen molar-refractivity contribution in [2.45, 2.75) is 31.2 Å². The lowest BCUT2D eigenvalue weighted by Crippen LogP contribution is -2.66. The van der Waals surface area contributed by atoms with E-state index in [2.05, 4.69) is 17.9 Å². The Hall–Kier alpha value is -0.710. The predicted molar refractivity (Wildman–Crippen MR) is 52.4 cm³/mol. The number of amides is 2. The SMILES string of the molecule is CCC1NC(=O)C(=O)N(C)C1(C)S. The standard InChI is InChI=1S/C8H14N2O2S/c1-4-5-8(2,13)10(3)7(12)6(11)9-5/h5,13H,4H2,1-3H3,(H,9,11). The number of carbonyl (C=O) groups excluding carboxylic acids is 2. The molecule has 0 bridgehead atoms. The molecule has 2 atom stereocenters. The fraction of sp³-hybridized carbons (Fsp3) is 0.750. The highest BCUT2D eigenvalue weighted by Crippen LogP contribution is 2.27. The van der Waals surface area contributed by atoms with Gasteiger partial charge in [-0.15, -0.1) is 12.6 Å². The molecule has 1 heterocycles. The summed E-state index contributed by atoms with van der Waals surface area (Å²) in [5.41, 5.74) is 0. The van der Waals surface area contributed by atoms with Gasteiger partial charge in [-0.1, -0.05) is 6.92 Å². The normalized spacial score (nSPS) is 34.8. The van der Waals surface area contributed by atoms with Crippen LogP contribution in [0.4, 0.5) is 0 Å². The quantitative estimate of drug-likeness (QED) is 0.464. The van der Waals surface area contributed by atoms with Gasteiger partial charge < -0.3 is 10.2 Å². The van der Waals surface area contributed by atoms with Crippen LogP contribution in [0.3, 0.4) is 0 Å². The summed E-state index contributed by atoms with van der Waals surface area (Å²) >= 11 is 4.38. The van der Waals surface area contributed by atoms with Crippen LogP contribution < -0.4 is 5.32 Å². The topological polar surface area (TPSA) is 49.4 Å². The molecule has 1 aliphatic rings. The van der Waals surface area contributed by atoms with E-state index in [0.29, 0.717) is 0 Å². The smallest absolute Gasteiger partial charge is 0.312 e. The summed E-state index contributed by atoms with van der Waals surface area (Å²) in [6.45, 7) is 3.77. The molecule has 1 rings (SSSR count). The van der Waals surface area contributed by atoms with Crippen molar-refractivity contribution in [2.24, 2.45) is 0 Å². The van der Waals surface area contributed by atoms with Crippen LogP contribution in [0.5, 0.6) is 0 Å². The zero-order valence-corrected chi connectivity index (χ0v) is 8.89. The number of hydrogen-bond donors (Lipinski definition) is 2. The fourth-order valence-corrected chi connectivity index (χ4v) is 1.78. The highest BCUT2D eigenvalue weighted by molar-refractivity contribution is 7.81. The zero-order chi connectivity index (χ0) is 10.2. The van der Waals surface area contributed by atoms with E-state index in [0.717, 1.165) is 6.42 Å². The monoisotopic (exact) mass is 202 g/mol. The Morgan fingerprint density at radius 1 is 1.62 bits per heavy atom. The Morgan fingerprint density at radius 3 is 2.62 bits per heavy atom. The molecule has 13 heavy (non-hydrogen) atoms. The van der Waals surface area contributed by atoms with Crippen molar-refractivity contribution in [3.8, 4) is 0 Å². The highest BCUT2D eigenvalue weighted by Gasteiger charge is 2.44. The number of nitrogens with one attached hydrogen (secondary N) is 1. The van der Waals surface area contributed by atoms with Crippen LogP contribution >= 0.6 is 12.6 Å². The lowest BCUT2D eigenvalue weighted by molar-refractivity contribution is -0.151.